The average Bonchev–Trinajstić information content (AvgIpc) is 2.30. The predicted molar refractivity (Wildman–Crippen MR) is 58.9 cm³/mol. The molecule has 0 saturated heterocycles. The summed E-state index contributed by atoms with van der Waals surface area (Å²) in [7, 11) is 2.72. The van der Waals surface area contributed by atoms with Gasteiger partial charge in [0.1, 0.15) is 12.0 Å². The summed E-state index contributed by atoms with van der Waals surface area (Å²) in [6, 6.07) is 7.36. The molecule has 0 amide bonds. The van der Waals surface area contributed by atoms with Crippen LogP contribution in [0.2, 0.25) is 0 Å². The fraction of sp³-hybridized carbons (Fsp3) is 0.250. The van der Waals surface area contributed by atoms with E-state index < -0.39 is 5.97 Å². The maximum Gasteiger partial charge on any atom is 0.377 e. The maximum absolute atomic E-state index is 11.3. The highest BCUT2D eigenvalue weighted by Crippen LogP contribution is 2.19. The Hall–Kier alpha value is -1.97. The molecule has 0 fully saturated rings. The van der Waals surface area contributed by atoms with Crippen molar-refractivity contribution in [3.8, 4) is 5.75 Å². The third-order valence-electron chi connectivity index (χ3n) is 1.92. The van der Waals surface area contributed by atoms with Gasteiger partial charge >= 0.3 is 5.97 Å². The van der Waals surface area contributed by atoms with Crippen molar-refractivity contribution >= 4 is 5.97 Å². The summed E-state index contributed by atoms with van der Waals surface area (Å²) in [6.07, 6.45) is 1.21. The zero-order valence-corrected chi connectivity index (χ0v) is 9.52. The molecule has 86 valence electrons. The van der Waals surface area contributed by atoms with Gasteiger partial charge in [-0.2, -0.15) is 0 Å². The number of aryl methyl sites for hydroxylation is 1. The average molecular weight is 222 g/mol. The van der Waals surface area contributed by atoms with Crippen molar-refractivity contribution in [1.29, 1.82) is 0 Å². The van der Waals surface area contributed by atoms with E-state index in [1.165, 1.54) is 20.5 Å². The topological polar surface area (TPSA) is 44.8 Å². The van der Waals surface area contributed by atoms with Gasteiger partial charge in [-0.3, -0.25) is 0 Å². The van der Waals surface area contributed by atoms with Gasteiger partial charge in [0.15, 0.2) is 0 Å². The van der Waals surface area contributed by atoms with Crippen LogP contribution >= 0.6 is 0 Å². The van der Waals surface area contributed by atoms with Gasteiger partial charge in [0.05, 0.1) is 14.2 Å². The van der Waals surface area contributed by atoms with Crippen LogP contribution in [-0.4, -0.2) is 20.2 Å². The lowest BCUT2D eigenvalue weighted by Crippen LogP contribution is -2.11. The minimum absolute atomic E-state index is 0.0132. The molecule has 0 heterocycles. The summed E-state index contributed by atoms with van der Waals surface area (Å²) >= 11 is 0. The number of para-hydroxylation sites is 1. The SMILES string of the molecule is COC=C(Oc1ccccc1C)C(=O)OC. The molecule has 16 heavy (non-hydrogen) atoms. The Morgan fingerprint density at radius 2 is 1.94 bits per heavy atom. The van der Waals surface area contributed by atoms with Crippen LogP contribution in [-0.2, 0) is 14.3 Å². The van der Waals surface area contributed by atoms with E-state index >= 15 is 0 Å². The molecule has 1 aromatic rings. The number of esters is 1. The fourth-order valence-electron chi connectivity index (χ4n) is 1.11. The van der Waals surface area contributed by atoms with Crippen molar-refractivity contribution < 1.29 is 19.0 Å². The summed E-state index contributed by atoms with van der Waals surface area (Å²) < 4.78 is 14.7. The molecule has 4 nitrogen and oxygen atoms in total. The quantitative estimate of drug-likeness (QED) is 0.444. The van der Waals surface area contributed by atoms with Crippen molar-refractivity contribution in [3.63, 3.8) is 0 Å². The van der Waals surface area contributed by atoms with Crippen molar-refractivity contribution in [1.82, 2.24) is 0 Å². The Balaban J connectivity index is 2.89. The normalized spacial score (nSPS) is 10.8. The Bertz CT molecular complexity index is 396. The summed E-state index contributed by atoms with van der Waals surface area (Å²) in [5, 5.41) is 0. The molecule has 0 aromatic heterocycles. The molecule has 1 aromatic carbocycles. The Kier molecular flexibility index (Phi) is 4.39. The lowest BCUT2D eigenvalue weighted by atomic mass is 10.2. The molecule has 0 bridgehead atoms. The van der Waals surface area contributed by atoms with E-state index in [9.17, 15) is 4.79 Å². The summed E-state index contributed by atoms with van der Waals surface area (Å²) in [5.41, 5.74) is 0.924. The smallest absolute Gasteiger partial charge is 0.377 e. The lowest BCUT2D eigenvalue weighted by molar-refractivity contribution is -0.138. The Morgan fingerprint density at radius 3 is 2.50 bits per heavy atom. The maximum atomic E-state index is 11.3. The third-order valence-corrected chi connectivity index (χ3v) is 1.92. The van der Waals surface area contributed by atoms with Crippen LogP contribution in [0.3, 0.4) is 0 Å². The fourth-order valence-corrected chi connectivity index (χ4v) is 1.11. The zero-order valence-electron chi connectivity index (χ0n) is 9.52. The van der Waals surface area contributed by atoms with Gasteiger partial charge in [-0.05, 0) is 18.6 Å². The highest BCUT2D eigenvalue weighted by molar-refractivity contribution is 5.86. The molecule has 0 aliphatic heterocycles. The summed E-state index contributed by atoms with van der Waals surface area (Å²) in [6.45, 7) is 1.89. The van der Waals surface area contributed by atoms with Gasteiger partial charge in [-0.25, -0.2) is 4.79 Å². The second-order valence-electron chi connectivity index (χ2n) is 3.08. The van der Waals surface area contributed by atoms with Crippen LogP contribution in [0.5, 0.6) is 5.75 Å². The van der Waals surface area contributed by atoms with Gasteiger partial charge in [-0.15, -0.1) is 0 Å². The van der Waals surface area contributed by atoms with E-state index in [-0.39, 0.29) is 5.76 Å². The Labute approximate surface area is 94.4 Å². The molecule has 0 aliphatic carbocycles. The van der Waals surface area contributed by atoms with Crippen LogP contribution < -0.4 is 4.74 Å². The zero-order chi connectivity index (χ0) is 12.0. The van der Waals surface area contributed by atoms with Gasteiger partial charge in [0, 0.05) is 0 Å². The molecule has 0 N–H and O–H groups in total. The van der Waals surface area contributed by atoms with Gasteiger partial charge in [-0.1, -0.05) is 18.2 Å². The van der Waals surface area contributed by atoms with Crippen LogP contribution in [0.1, 0.15) is 5.56 Å². The predicted octanol–water partition coefficient (Wildman–Crippen LogP) is 2.03. The molecular weight excluding hydrogens is 208 g/mol. The number of rotatable bonds is 4. The molecule has 4 heteroatoms. The molecule has 0 saturated carbocycles. The first kappa shape index (κ1) is 12.1. The number of benzene rings is 1. The van der Waals surface area contributed by atoms with E-state index in [0.29, 0.717) is 5.75 Å². The van der Waals surface area contributed by atoms with Crippen molar-refractivity contribution in [2.24, 2.45) is 0 Å². The molecule has 0 spiro atoms. The second kappa shape index (κ2) is 5.80. The standard InChI is InChI=1S/C12H14O4/c1-9-6-4-5-7-10(9)16-11(8-14-2)12(13)15-3/h4-8H,1-3H3. The van der Waals surface area contributed by atoms with Crippen LogP contribution in [0.15, 0.2) is 36.3 Å². The van der Waals surface area contributed by atoms with Gasteiger partial charge < -0.3 is 14.2 Å². The van der Waals surface area contributed by atoms with Gasteiger partial charge in [0.2, 0.25) is 5.76 Å². The molecular formula is C12H14O4. The number of ether oxygens (including phenoxy) is 3. The lowest BCUT2D eigenvalue weighted by Gasteiger charge is -2.09. The monoisotopic (exact) mass is 222 g/mol. The Morgan fingerprint density at radius 1 is 1.25 bits per heavy atom. The first-order valence-corrected chi connectivity index (χ1v) is 4.73. The largest absolute Gasteiger partial charge is 0.500 e. The second-order valence-corrected chi connectivity index (χ2v) is 3.08. The minimum Gasteiger partial charge on any atom is -0.500 e. The van der Waals surface area contributed by atoms with Crippen LogP contribution in [0, 0.1) is 6.92 Å². The van der Waals surface area contributed by atoms with E-state index in [0.717, 1.165) is 5.56 Å². The molecule has 0 radical (unpaired) electrons. The van der Waals surface area contributed by atoms with Crippen LogP contribution in [0.4, 0.5) is 0 Å². The molecule has 0 atom stereocenters. The highest BCUT2D eigenvalue weighted by atomic mass is 16.6. The first-order valence-electron chi connectivity index (χ1n) is 4.73. The van der Waals surface area contributed by atoms with Crippen molar-refractivity contribution in [2.45, 2.75) is 6.92 Å². The molecule has 0 aliphatic rings. The van der Waals surface area contributed by atoms with Crippen molar-refractivity contribution in [2.75, 3.05) is 14.2 Å². The van der Waals surface area contributed by atoms with Crippen LogP contribution in [0.25, 0.3) is 0 Å². The molecule has 0 unspecified atom stereocenters. The van der Waals surface area contributed by atoms with E-state index in [4.69, 9.17) is 9.47 Å². The van der Waals surface area contributed by atoms with Gasteiger partial charge in [0.25, 0.3) is 0 Å². The number of methoxy groups -OCH3 is 2. The molecule has 1 rings (SSSR count). The van der Waals surface area contributed by atoms with E-state index in [2.05, 4.69) is 4.74 Å². The number of hydrogen-bond donors (Lipinski definition) is 0. The van der Waals surface area contributed by atoms with Crippen molar-refractivity contribution in [3.05, 3.63) is 41.9 Å². The first-order chi connectivity index (χ1) is 7.69. The number of hydrogen-bond acceptors (Lipinski definition) is 4. The summed E-state index contributed by atoms with van der Waals surface area (Å²) in [4.78, 5) is 11.3. The number of carbonyl (C=O) groups is 1. The summed E-state index contributed by atoms with van der Waals surface area (Å²) in [5.74, 6) is 0.0283. The number of carbonyl (C=O) groups excluding carboxylic acids is 1. The van der Waals surface area contributed by atoms with E-state index in [1.54, 1.807) is 6.07 Å². The third kappa shape index (κ3) is 3.02. The van der Waals surface area contributed by atoms with E-state index in [1.807, 2.05) is 25.1 Å². The highest BCUT2D eigenvalue weighted by Gasteiger charge is 2.13. The minimum atomic E-state index is -0.579.